The summed E-state index contributed by atoms with van der Waals surface area (Å²) in [5.74, 6) is -0.984. The normalized spacial score (nSPS) is 11.9. The van der Waals surface area contributed by atoms with E-state index in [0.717, 1.165) is 12.0 Å². The fourth-order valence-electron chi connectivity index (χ4n) is 1.95. The number of ether oxygens (including phenoxy) is 1. The number of benzene rings is 1. The summed E-state index contributed by atoms with van der Waals surface area (Å²) in [6, 6.07) is 9.14. The summed E-state index contributed by atoms with van der Waals surface area (Å²) in [6.07, 6.45) is 1.61. The lowest BCUT2D eigenvalue weighted by molar-refractivity contribution is -0.137. The van der Waals surface area contributed by atoms with Crippen LogP contribution in [0.5, 0.6) is 0 Å². The molecule has 5 nitrogen and oxygen atoms in total. The molecule has 0 aliphatic heterocycles. The summed E-state index contributed by atoms with van der Waals surface area (Å²) < 4.78 is 5.28. The van der Waals surface area contributed by atoms with Gasteiger partial charge in [-0.2, -0.15) is 0 Å². The average molecular weight is 293 g/mol. The first-order valence-corrected chi connectivity index (χ1v) is 7.27. The van der Waals surface area contributed by atoms with E-state index in [-0.39, 0.29) is 24.8 Å². The van der Waals surface area contributed by atoms with Gasteiger partial charge in [0.1, 0.15) is 0 Å². The van der Waals surface area contributed by atoms with Gasteiger partial charge in [0, 0.05) is 19.4 Å². The van der Waals surface area contributed by atoms with Gasteiger partial charge in [-0.1, -0.05) is 37.3 Å². The van der Waals surface area contributed by atoms with Crippen LogP contribution in [0.1, 0.15) is 44.2 Å². The monoisotopic (exact) mass is 293 g/mol. The van der Waals surface area contributed by atoms with Crippen molar-refractivity contribution in [3.8, 4) is 0 Å². The van der Waals surface area contributed by atoms with Gasteiger partial charge in [-0.15, -0.1) is 0 Å². The van der Waals surface area contributed by atoms with E-state index in [2.05, 4.69) is 5.32 Å². The van der Waals surface area contributed by atoms with Crippen molar-refractivity contribution in [2.45, 2.75) is 38.6 Å². The van der Waals surface area contributed by atoms with Crippen molar-refractivity contribution >= 4 is 11.9 Å². The van der Waals surface area contributed by atoms with E-state index in [1.165, 1.54) is 0 Å². The highest BCUT2D eigenvalue weighted by molar-refractivity contribution is 5.76. The Kier molecular flexibility index (Phi) is 8.12. The summed E-state index contributed by atoms with van der Waals surface area (Å²) >= 11 is 0. The first-order chi connectivity index (χ1) is 10.1. The Labute approximate surface area is 125 Å². The third kappa shape index (κ3) is 7.46. The second-order valence-corrected chi connectivity index (χ2v) is 4.83. The number of carboxylic acid groups (broad SMARTS) is 1. The van der Waals surface area contributed by atoms with Crippen molar-refractivity contribution in [2.75, 3.05) is 13.2 Å². The second-order valence-electron chi connectivity index (χ2n) is 4.83. The molecule has 0 bridgehead atoms. The Hall–Kier alpha value is -1.88. The number of carboxylic acids is 1. The molecule has 2 N–H and O–H groups in total. The molecule has 5 heteroatoms. The maximum atomic E-state index is 11.9. The van der Waals surface area contributed by atoms with Crippen molar-refractivity contribution in [3.05, 3.63) is 35.9 Å². The predicted octanol–water partition coefficient (Wildman–Crippen LogP) is 2.53. The van der Waals surface area contributed by atoms with Gasteiger partial charge in [-0.3, -0.25) is 9.59 Å². The van der Waals surface area contributed by atoms with Crippen molar-refractivity contribution in [1.82, 2.24) is 5.32 Å². The lowest BCUT2D eigenvalue weighted by atomic mass is 10.0. The minimum absolute atomic E-state index is 0.0200. The van der Waals surface area contributed by atoms with E-state index in [9.17, 15) is 9.59 Å². The Morgan fingerprint density at radius 3 is 2.52 bits per heavy atom. The fraction of sp³-hybridized carbons (Fsp3) is 0.500. The van der Waals surface area contributed by atoms with Crippen molar-refractivity contribution in [1.29, 1.82) is 0 Å². The summed E-state index contributed by atoms with van der Waals surface area (Å²) in [4.78, 5) is 22.6. The molecule has 0 aromatic heterocycles. The van der Waals surface area contributed by atoms with Gasteiger partial charge in [-0.25, -0.2) is 0 Å². The van der Waals surface area contributed by atoms with Crippen LogP contribution < -0.4 is 5.32 Å². The van der Waals surface area contributed by atoms with Crippen molar-refractivity contribution < 1.29 is 19.4 Å². The predicted molar refractivity (Wildman–Crippen MR) is 79.9 cm³/mol. The van der Waals surface area contributed by atoms with Gasteiger partial charge in [0.15, 0.2) is 0 Å². The number of carbonyl (C=O) groups is 2. The Bertz CT molecular complexity index is 433. The maximum absolute atomic E-state index is 11.9. The molecule has 0 saturated heterocycles. The smallest absolute Gasteiger partial charge is 0.303 e. The Balaban J connectivity index is 2.52. The average Bonchev–Trinajstić information content (AvgIpc) is 2.48. The molecule has 0 radical (unpaired) electrons. The first kappa shape index (κ1) is 17.2. The van der Waals surface area contributed by atoms with E-state index in [1.54, 1.807) is 0 Å². The molecule has 0 fully saturated rings. The van der Waals surface area contributed by atoms with Crippen molar-refractivity contribution in [2.24, 2.45) is 0 Å². The zero-order valence-corrected chi connectivity index (χ0v) is 12.4. The zero-order valence-electron chi connectivity index (χ0n) is 12.4. The van der Waals surface area contributed by atoms with Gasteiger partial charge in [0.05, 0.1) is 12.6 Å². The minimum Gasteiger partial charge on any atom is -0.481 e. The molecule has 0 aliphatic rings. The number of nitrogens with one attached hydrogen (secondary N) is 1. The van der Waals surface area contributed by atoms with E-state index >= 15 is 0 Å². The van der Waals surface area contributed by atoms with E-state index in [4.69, 9.17) is 9.84 Å². The molecule has 0 aliphatic carbocycles. The molecule has 0 spiro atoms. The van der Waals surface area contributed by atoms with E-state index in [0.29, 0.717) is 19.6 Å². The van der Waals surface area contributed by atoms with Crippen LogP contribution in [-0.2, 0) is 14.3 Å². The molecule has 1 aromatic carbocycles. The van der Waals surface area contributed by atoms with Gasteiger partial charge in [0.2, 0.25) is 5.91 Å². The molecule has 0 heterocycles. The molecule has 0 saturated carbocycles. The molecule has 1 amide bonds. The summed E-state index contributed by atoms with van der Waals surface area (Å²) in [7, 11) is 0. The van der Waals surface area contributed by atoms with Crippen LogP contribution in [0.25, 0.3) is 0 Å². The highest BCUT2D eigenvalue weighted by Crippen LogP contribution is 2.18. The van der Waals surface area contributed by atoms with Gasteiger partial charge >= 0.3 is 5.97 Å². The standard InChI is InChI=1S/C16H23NO4/c1-2-11-21-12-10-15(18)17-14(8-9-16(19)20)13-6-4-3-5-7-13/h3-7,14H,2,8-12H2,1H3,(H,17,18)(H,19,20). The van der Waals surface area contributed by atoms with Crippen LogP contribution in [0.4, 0.5) is 0 Å². The van der Waals surface area contributed by atoms with Crippen LogP contribution in [0.3, 0.4) is 0 Å². The zero-order chi connectivity index (χ0) is 15.5. The molecular weight excluding hydrogens is 270 g/mol. The summed E-state index contributed by atoms with van der Waals surface area (Å²) in [5.41, 5.74) is 0.918. The molecule has 1 rings (SSSR count). The number of aliphatic carboxylic acids is 1. The Morgan fingerprint density at radius 2 is 1.90 bits per heavy atom. The third-order valence-electron chi connectivity index (χ3n) is 3.01. The van der Waals surface area contributed by atoms with E-state index in [1.807, 2.05) is 37.3 Å². The van der Waals surface area contributed by atoms with Crippen LogP contribution in [0.15, 0.2) is 30.3 Å². The first-order valence-electron chi connectivity index (χ1n) is 7.27. The fourth-order valence-corrected chi connectivity index (χ4v) is 1.95. The largest absolute Gasteiger partial charge is 0.481 e. The topological polar surface area (TPSA) is 75.6 Å². The van der Waals surface area contributed by atoms with Gasteiger partial charge in [-0.05, 0) is 18.4 Å². The molecule has 1 atom stereocenters. The van der Waals surface area contributed by atoms with Crippen LogP contribution in [0, 0.1) is 0 Å². The highest BCUT2D eigenvalue weighted by atomic mass is 16.5. The van der Waals surface area contributed by atoms with E-state index < -0.39 is 5.97 Å². The minimum atomic E-state index is -0.864. The Morgan fingerprint density at radius 1 is 1.19 bits per heavy atom. The molecular formula is C16H23NO4. The van der Waals surface area contributed by atoms with Gasteiger partial charge in [0.25, 0.3) is 0 Å². The highest BCUT2D eigenvalue weighted by Gasteiger charge is 2.15. The number of amides is 1. The summed E-state index contributed by atoms with van der Waals surface area (Å²) in [5, 5.41) is 11.7. The SMILES string of the molecule is CCCOCCC(=O)NC(CCC(=O)O)c1ccccc1. The molecule has 1 aromatic rings. The van der Waals surface area contributed by atoms with Crippen LogP contribution in [-0.4, -0.2) is 30.2 Å². The third-order valence-corrected chi connectivity index (χ3v) is 3.01. The number of carbonyl (C=O) groups excluding carboxylic acids is 1. The lowest BCUT2D eigenvalue weighted by Gasteiger charge is -2.18. The number of hydrogen-bond donors (Lipinski definition) is 2. The van der Waals surface area contributed by atoms with Crippen LogP contribution in [0.2, 0.25) is 0 Å². The maximum Gasteiger partial charge on any atom is 0.303 e. The van der Waals surface area contributed by atoms with Gasteiger partial charge < -0.3 is 15.2 Å². The number of hydrogen-bond acceptors (Lipinski definition) is 3. The van der Waals surface area contributed by atoms with Crippen LogP contribution >= 0.6 is 0 Å². The molecule has 1 unspecified atom stereocenters. The lowest BCUT2D eigenvalue weighted by Crippen LogP contribution is -2.29. The second kappa shape index (κ2) is 9.94. The summed E-state index contributed by atoms with van der Waals surface area (Å²) in [6.45, 7) is 3.05. The van der Waals surface area contributed by atoms with Crippen molar-refractivity contribution in [3.63, 3.8) is 0 Å². The number of rotatable bonds is 10. The molecule has 116 valence electrons. The molecule has 21 heavy (non-hydrogen) atoms. The quantitative estimate of drug-likeness (QED) is 0.650.